The van der Waals surface area contributed by atoms with Gasteiger partial charge in [-0.25, -0.2) is 13.6 Å². The van der Waals surface area contributed by atoms with E-state index in [1.54, 1.807) is 6.92 Å². The lowest BCUT2D eigenvalue weighted by Crippen LogP contribution is -2.37. The largest absolute Gasteiger partial charge is 0.378 e. The Morgan fingerprint density at radius 2 is 1.90 bits per heavy atom. The number of nitrogens with one attached hydrogen (secondary N) is 1. The van der Waals surface area contributed by atoms with Crippen molar-refractivity contribution in [1.82, 2.24) is 0 Å². The van der Waals surface area contributed by atoms with Crippen LogP contribution in [0, 0.1) is 17.0 Å². The molecule has 2 aromatic carbocycles. The van der Waals surface area contributed by atoms with Crippen LogP contribution in [0.2, 0.25) is 0 Å². The summed E-state index contributed by atoms with van der Waals surface area (Å²) in [5, 5.41) is 19.0. The first-order valence-electron chi connectivity index (χ1n) is 8.73. The third-order valence-corrected chi connectivity index (χ3v) is 5.59. The van der Waals surface area contributed by atoms with Crippen molar-refractivity contribution in [3.05, 3.63) is 57.6 Å². The van der Waals surface area contributed by atoms with Gasteiger partial charge in [-0.15, -0.1) is 0 Å². The lowest BCUT2D eigenvalue weighted by atomic mass is 10.1. The summed E-state index contributed by atoms with van der Waals surface area (Å²) in [4.78, 5) is 25.3. The molecule has 3 N–H and O–H groups in total. The summed E-state index contributed by atoms with van der Waals surface area (Å²) in [6.07, 6.45) is 0. The Labute approximate surface area is 167 Å². The molecule has 10 nitrogen and oxygen atoms in total. The van der Waals surface area contributed by atoms with Crippen molar-refractivity contribution < 1.29 is 22.9 Å². The van der Waals surface area contributed by atoms with Crippen molar-refractivity contribution in [3.63, 3.8) is 0 Å². The van der Waals surface area contributed by atoms with Crippen LogP contribution in [-0.4, -0.2) is 45.6 Å². The number of anilines is 2. The second-order valence-corrected chi connectivity index (χ2v) is 8.07. The molecule has 0 aromatic heterocycles. The summed E-state index contributed by atoms with van der Waals surface area (Å²) in [6.45, 7) is 3.63. The fourth-order valence-electron chi connectivity index (χ4n) is 3.08. The van der Waals surface area contributed by atoms with Crippen molar-refractivity contribution >= 4 is 33.0 Å². The summed E-state index contributed by atoms with van der Waals surface area (Å²) in [5.41, 5.74) is 1.08. The van der Waals surface area contributed by atoms with Crippen molar-refractivity contribution in [3.8, 4) is 0 Å². The third-order valence-electron chi connectivity index (χ3n) is 4.54. The van der Waals surface area contributed by atoms with Crippen LogP contribution in [0.5, 0.6) is 0 Å². The monoisotopic (exact) mass is 420 g/mol. The quantitative estimate of drug-likeness (QED) is 0.552. The number of primary sulfonamides is 1. The number of nitro groups is 1. The number of amides is 1. The molecule has 1 saturated heterocycles. The predicted molar refractivity (Wildman–Crippen MR) is 107 cm³/mol. The molecule has 1 aliphatic heterocycles. The molecule has 0 spiro atoms. The SMILES string of the molecule is Cc1ccc(NC(=O)c2cc([N+](=O)[O-])ccc2N2CCOCC2)cc1S(N)(=O)=O. The topological polar surface area (TPSA) is 145 Å². The molecule has 1 heterocycles. The molecule has 3 rings (SSSR count). The number of sulfonamides is 1. The average Bonchev–Trinajstić information content (AvgIpc) is 2.68. The number of aryl methyl sites for hydroxylation is 1. The molecule has 1 fully saturated rings. The number of nitrogens with zero attached hydrogens (tertiary/aromatic N) is 2. The number of carbonyl (C=O) groups excluding carboxylic acids is 1. The lowest BCUT2D eigenvalue weighted by molar-refractivity contribution is -0.384. The molecule has 0 saturated carbocycles. The Kier molecular flexibility index (Phi) is 5.82. The highest BCUT2D eigenvalue weighted by molar-refractivity contribution is 7.89. The van der Waals surface area contributed by atoms with E-state index >= 15 is 0 Å². The number of morpholine rings is 1. The van der Waals surface area contributed by atoms with Gasteiger partial charge in [-0.2, -0.15) is 0 Å². The van der Waals surface area contributed by atoms with Gasteiger partial charge in [0.25, 0.3) is 11.6 Å². The Morgan fingerprint density at radius 1 is 1.21 bits per heavy atom. The van der Waals surface area contributed by atoms with Gasteiger partial charge in [0.2, 0.25) is 10.0 Å². The molecule has 1 amide bonds. The first kappa shape index (κ1) is 20.7. The van der Waals surface area contributed by atoms with E-state index in [-0.39, 0.29) is 21.8 Å². The summed E-state index contributed by atoms with van der Waals surface area (Å²) < 4.78 is 28.7. The molecule has 0 aliphatic carbocycles. The van der Waals surface area contributed by atoms with E-state index in [1.807, 2.05) is 4.90 Å². The van der Waals surface area contributed by atoms with Gasteiger partial charge in [0.15, 0.2) is 0 Å². The van der Waals surface area contributed by atoms with Gasteiger partial charge in [-0.3, -0.25) is 14.9 Å². The number of ether oxygens (including phenoxy) is 1. The second-order valence-electron chi connectivity index (χ2n) is 6.54. The zero-order valence-electron chi connectivity index (χ0n) is 15.6. The number of nitro benzene ring substituents is 1. The van der Waals surface area contributed by atoms with E-state index < -0.39 is 20.9 Å². The van der Waals surface area contributed by atoms with Gasteiger partial charge in [0.05, 0.1) is 34.3 Å². The molecule has 0 unspecified atom stereocenters. The van der Waals surface area contributed by atoms with Crippen LogP contribution in [0.15, 0.2) is 41.3 Å². The van der Waals surface area contributed by atoms with Gasteiger partial charge >= 0.3 is 0 Å². The van der Waals surface area contributed by atoms with Crippen LogP contribution in [-0.2, 0) is 14.8 Å². The maximum absolute atomic E-state index is 12.9. The third kappa shape index (κ3) is 4.70. The Bertz CT molecular complexity index is 1060. The van der Waals surface area contributed by atoms with Crippen molar-refractivity contribution in [1.29, 1.82) is 0 Å². The highest BCUT2D eigenvalue weighted by atomic mass is 32.2. The van der Waals surface area contributed by atoms with Crippen molar-refractivity contribution in [2.24, 2.45) is 5.14 Å². The molecule has 1 aliphatic rings. The van der Waals surface area contributed by atoms with E-state index in [0.29, 0.717) is 37.6 Å². The number of benzene rings is 2. The number of hydrogen-bond donors (Lipinski definition) is 2. The van der Waals surface area contributed by atoms with E-state index in [1.165, 1.54) is 36.4 Å². The van der Waals surface area contributed by atoms with Crippen LogP contribution >= 0.6 is 0 Å². The standard InChI is InChI=1S/C18H20N4O6S/c1-12-2-3-13(10-17(12)29(19,26)27)20-18(23)15-11-14(22(24)25)4-5-16(15)21-6-8-28-9-7-21/h2-5,10-11H,6-9H2,1H3,(H,20,23)(H2,19,26,27). The molecular formula is C18H20N4O6S. The summed E-state index contributed by atoms with van der Waals surface area (Å²) >= 11 is 0. The lowest BCUT2D eigenvalue weighted by Gasteiger charge is -2.30. The number of non-ortho nitro benzene ring substituents is 1. The fourth-order valence-corrected chi connectivity index (χ4v) is 3.89. The van der Waals surface area contributed by atoms with Crippen LogP contribution in [0.3, 0.4) is 0 Å². The van der Waals surface area contributed by atoms with Gasteiger partial charge < -0.3 is 15.0 Å². The van der Waals surface area contributed by atoms with E-state index in [4.69, 9.17) is 9.88 Å². The minimum absolute atomic E-state index is 0.109. The molecule has 11 heteroatoms. The van der Waals surface area contributed by atoms with Crippen LogP contribution in [0.25, 0.3) is 0 Å². The summed E-state index contributed by atoms with van der Waals surface area (Å²) in [5.74, 6) is -0.598. The summed E-state index contributed by atoms with van der Waals surface area (Å²) in [6, 6.07) is 8.39. The second kappa shape index (κ2) is 8.15. The maximum Gasteiger partial charge on any atom is 0.270 e. The maximum atomic E-state index is 12.9. The van der Waals surface area contributed by atoms with Crippen LogP contribution < -0.4 is 15.4 Å². The minimum Gasteiger partial charge on any atom is -0.378 e. The Hall–Kier alpha value is -3.02. The number of nitrogens with two attached hydrogens (primary N) is 1. The molecule has 0 atom stereocenters. The van der Waals surface area contributed by atoms with Gasteiger partial charge in [-0.05, 0) is 30.7 Å². The highest BCUT2D eigenvalue weighted by Crippen LogP contribution is 2.28. The smallest absolute Gasteiger partial charge is 0.270 e. The van der Waals surface area contributed by atoms with Gasteiger partial charge in [-0.1, -0.05) is 6.07 Å². The first-order valence-corrected chi connectivity index (χ1v) is 10.3. The predicted octanol–water partition coefficient (Wildman–Crippen LogP) is 1.64. The zero-order valence-corrected chi connectivity index (χ0v) is 16.4. The molecule has 29 heavy (non-hydrogen) atoms. The van der Waals surface area contributed by atoms with Crippen molar-refractivity contribution in [2.45, 2.75) is 11.8 Å². The van der Waals surface area contributed by atoms with E-state index in [0.717, 1.165) is 0 Å². The molecule has 154 valence electrons. The molecule has 0 radical (unpaired) electrons. The van der Waals surface area contributed by atoms with E-state index in [2.05, 4.69) is 5.32 Å². The zero-order chi connectivity index (χ0) is 21.2. The average molecular weight is 420 g/mol. The summed E-state index contributed by atoms with van der Waals surface area (Å²) in [7, 11) is -3.96. The Morgan fingerprint density at radius 3 is 2.52 bits per heavy atom. The van der Waals surface area contributed by atoms with Gasteiger partial charge in [0.1, 0.15) is 0 Å². The van der Waals surface area contributed by atoms with Gasteiger partial charge in [0, 0.05) is 30.9 Å². The number of hydrogen-bond acceptors (Lipinski definition) is 7. The highest BCUT2D eigenvalue weighted by Gasteiger charge is 2.22. The normalized spacial score (nSPS) is 14.5. The molecule has 2 aromatic rings. The first-order chi connectivity index (χ1) is 13.7. The number of carbonyl (C=O) groups is 1. The fraction of sp³-hybridized carbons (Fsp3) is 0.278. The Balaban J connectivity index is 1.97. The van der Waals surface area contributed by atoms with Crippen molar-refractivity contribution in [2.75, 3.05) is 36.5 Å². The minimum atomic E-state index is -3.96. The molecule has 0 bridgehead atoms. The van der Waals surface area contributed by atoms with E-state index in [9.17, 15) is 23.3 Å². The molecular weight excluding hydrogens is 400 g/mol. The van der Waals surface area contributed by atoms with Crippen LogP contribution in [0.4, 0.5) is 17.1 Å². The van der Waals surface area contributed by atoms with Crippen LogP contribution in [0.1, 0.15) is 15.9 Å². The number of rotatable bonds is 5.